The number of hydrogen-bond acceptors (Lipinski definition) is 5. The third kappa shape index (κ3) is 4.18. The van der Waals surface area contributed by atoms with Crippen LogP contribution in [0.3, 0.4) is 0 Å². The van der Waals surface area contributed by atoms with Crippen LogP contribution < -0.4 is 0 Å². The van der Waals surface area contributed by atoms with Gasteiger partial charge in [-0.2, -0.15) is 0 Å². The molecule has 6 nitrogen and oxygen atoms in total. The van der Waals surface area contributed by atoms with Crippen molar-refractivity contribution in [3.8, 4) is 0 Å². The van der Waals surface area contributed by atoms with E-state index in [0.717, 1.165) is 25.7 Å². The molecular weight excluding hydrogens is 336 g/mol. The van der Waals surface area contributed by atoms with Crippen molar-refractivity contribution in [1.82, 2.24) is 0 Å². The summed E-state index contributed by atoms with van der Waals surface area (Å²) >= 11 is 0. The Labute approximate surface area is 153 Å². The second-order valence-corrected chi connectivity index (χ2v) is 7.70. The van der Waals surface area contributed by atoms with Gasteiger partial charge in [-0.05, 0) is 37.7 Å². The normalized spacial score (nSPS) is 34.5. The van der Waals surface area contributed by atoms with E-state index in [0.29, 0.717) is 25.0 Å². The molecule has 0 bridgehead atoms. The van der Waals surface area contributed by atoms with E-state index < -0.39 is 24.1 Å². The van der Waals surface area contributed by atoms with E-state index in [9.17, 15) is 19.8 Å². The van der Waals surface area contributed by atoms with Crippen molar-refractivity contribution in [3.05, 3.63) is 24.0 Å². The molecule has 0 aromatic heterocycles. The van der Waals surface area contributed by atoms with Crippen molar-refractivity contribution < 1.29 is 29.6 Å². The molecule has 144 valence electrons. The fourth-order valence-corrected chi connectivity index (χ4v) is 4.46. The number of Topliss-reactive ketones (excluding diaryl/α,β-unsaturated/α-hetero) is 1. The average Bonchev–Trinajstić information content (AvgIpc) is 3.28. The lowest BCUT2D eigenvalue weighted by Gasteiger charge is -2.17. The number of fused-ring (bicyclic) bond motifs is 1. The van der Waals surface area contributed by atoms with Crippen LogP contribution in [0, 0.1) is 17.8 Å². The number of carbonyl (C=O) groups excluding carboxylic acids is 1. The second-order valence-electron chi connectivity index (χ2n) is 7.70. The lowest BCUT2D eigenvalue weighted by molar-refractivity contribution is -0.137. The first-order chi connectivity index (χ1) is 12.5. The van der Waals surface area contributed by atoms with Crippen molar-refractivity contribution in [2.75, 3.05) is 0 Å². The summed E-state index contributed by atoms with van der Waals surface area (Å²) in [5, 5.41) is 29.3. The molecule has 6 heteroatoms. The van der Waals surface area contributed by atoms with Crippen LogP contribution in [0.15, 0.2) is 24.0 Å². The SMILES string of the molecule is O=C(O)CCC/C=C1\O[C@H]2C[C@@H](O)[C@H](/C=C/[C@@H](O)C3CCCC3)[C@H]2C1=O. The van der Waals surface area contributed by atoms with Crippen LogP contribution in [0.25, 0.3) is 0 Å². The van der Waals surface area contributed by atoms with E-state index in [2.05, 4.69) is 0 Å². The van der Waals surface area contributed by atoms with Crippen LogP contribution in [0.2, 0.25) is 0 Å². The highest BCUT2D eigenvalue weighted by Gasteiger charge is 2.52. The molecular formula is C20H28O6. The Morgan fingerprint density at radius 3 is 2.73 bits per heavy atom. The predicted molar refractivity (Wildman–Crippen MR) is 94.2 cm³/mol. The first-order valence-corrected chi connectivity index (χ1v) is 9.64. The monoisotopic (exact) mass is 364 g/mol. The number of allylic oxidation sites excluding steroid dienone is 2. The first-order valence-electron chi connectivity index (χ1n) is 9.64. The van der Waals surface area contributed by atoms with Crippen molar-refractivity contribution >= 4 is 11.8 Å². The maximum absolute atomic E-state index is 12.7. The van der Waals surface area contributed by atoms with Crippen LogP contribution in [-0.4, -0.2) is 45.4 Å². The Morgan fingerprint density at radius 2 is 2.04 bits per heavy atom. The third-order valence-corrected chi connectivity index (χ3v) is 5.90. The molecule has 1 heterocycles. The molecule has 2 aliphatic carbocycles. The largest absolute Gasteiger partial charge is 0.486 e. The molecule has 0 amide bonds. The Morgan fingerprint density at radius 1 is 1.31 bits per heavy atom. The number of rotatable bonds is 7. The van der Waals surface area contributed by atoms with Gasteiger partial charge in [0, 0.05) is 18.8 Å². The first kappa shape index (κ1) is 19.1. The summed E-state index contributed by atoms with van der Waals surface area (Å²) in [6, 6.07) is 0. The van der Waals surface area contributed by atoms with Gasteiger partial charge in [-0.3, -0.25) is 9.59 Å². The minimum Gasteiger partial charge on any atom is -0.486 e. The van der Waals surface area contributed by atoms with Gasteiger partial charge in [0.15, 0.2) is 5.76 Å². The minimum atomic E-state index is -0.854. The molecule has 3 aliphatic rings. The predicted octanol–water partition coefficient (Wildman–Crippen LogP) is 2.20. The van der Waals surface area contributed by atoms with Gasteiger partial charge in [-0.25, -0.2) is 0 Å². The molecule has 3 fully saturated rings. The van der Waals surface area contributed by atoms with Crippen molar-refractivity contribution in [2.45, 2.75) is 69.7 Å². The van der Waals surface area contributed by atoms with E-state index >= 15 is 0 Å². The van der Waals surface area contributed by atoms with Gasteiger partial charge in [0.2, 0.25) is 5.78 Å². The summed E-state index contributed by atoms with van der Waals surface area (Å²) in [5.74, 6) is -1.15. The zero-order chi connectivity index (χ0) is 18.7. The van der Waals surface area contributed by atoms with Gasteiger partial charge in [-0.15, -0.1) is 0 Å². The number of ether oxygens (including phenoxy) is 1. The van der Waals surface area contributed by atoms with E-state index in [-0.39, 0.29) is 30.1 Å². The third-order valence-electron chi connectivity index (χ3n) is 5.90. The number of ketones is 1. The number of carbonyl (C=O) groups is 2. The topological polar surface area (TPSA) is 104 Å². The molecule has 0 unspecified atom stereocenters. The lowest BCUT2D eigenvalue weighted by atomic mass is 9.89. The van der Waals surface area contributed by atoms with Gasteiger partial charge >= 0.3 is 5.97 Å². The van der Waals surface area contributed by atoms with Crippen molar-refractivity contribution in [1.29, 1.82) is 0 Å². The second kappa shape index (κ2) is 8.35. The molecule has 0 aromatic carbocycles. The quantitative estimate of drug-likeness (QED) is 0.363. The minimum absolute atomic E-state index is 0.0635. The molecule has 3 N–H and O–H groups in total. The Kier molecular flexibility index (Phi) is 6.14. The van der Waals surface area contributed by atoms with Gasteiger partial charge in [0.25, 0.3) is 0 Å². The summed E-state index contributed by atoms with van der Waals surface area (Å²) < 4.78 is 5.72. The zero-order valence-electron chi connectivity index (χ0n) is 14.9. The summed E-state index contributed by atoms with van der Waals surface area (Å²) in [6.45, 7) is 0. The van der Waals surface area contributed by atoms with Crippen LogP contribution in [0.1, 0.15) is 51.4 Å². The van der Waals surface area contributed by atoms with Crippen LogP contribution in [0.4, 0.5) is 0 Å². The highest BCUT2D eigenvalue weighted by atomic mass is 16.5. The summed E-state index contributed by atoms with van der Waals surface area (Å²) in [5.41, 5.74) is 0. The summed E-state index contributed by atoms with van der Waals surface area (Å²) in [7, 11) is 0. The Bertz CT molecular complexity index is 589. The number of hydrogen-bond donors (Lipinski definition) is 3. The highest BCUT2D eigenvalue weighted by molar-refractivity contribution is 5.98. The Balaban J connectivity index is 1.61. The van der Waals surface area contributed by atoms with Crippen LogP contribution >= 0.6 is 0 Å². The fourth-order valence-electron chi connectivity index (χ4n) is 4.46. The average molecular weight is 364 g/mol. The maximum Gasteiger partial charge on any atom is 0.303 e. The summed E-state index contributed by atoms with van der Waals surface area (Å²) in [6.07, 6.45) is 9.47. The van der Waals surface area contributed by atoms with Crippen molar-refractivity contribution in [2.24, 2.45) is 17.8 Å². The number of aliphatic hydroxyl groups excluding tert-OH is 2. The summed E-state index contributed by atoms with van der Waals surface area (Å²) in [4.78, 5) is 23.2. The molecule has 5 atom stereocenters. The number of aliphatic hydroxyl groups is 2. The number of carboxylic acids is 1. The standard InChI is InChI=1S/C20H28O6/c21-14(12-5-1-2-6-12)10-9-13-15(22)11-17-19(13)20(25)16(26-17)7-3-4-8-18(23)24/h7,9-10,12-15,17,19,21-22H,1-6,8,11H2,(H,23,24)/b10-9+,16-7-/t13-,14+,15+,17-,19+/m0/s1. The molecule has 1 aliphatic heterocycles. The maximum atomic E-state index is 12.7. The Hall–Kier alpha value is -1.66. The van der Waals surface area contributed by atoms with E-state index in [1.54, 1.807) is 18.2 Å². The van der Waals surface area contributed by atoms with Crippen LogP contribution in [0.5, 0.6) is 0 Å². The number of unbranched alkanes of at least 4 members (excludes halogenated alkanes) is 1. The molecule has 1 saturated heterocycles. The number of aliphatic carboxylic acids is 1. The number of carboxylic acid groups (broad SMARTS) is 1. The fraction of sp³-hybridized carbons (Fsp3) is 0.700. The smallest absolute Gasteiger partial charge is 0.303 e. The van der Waals surface area contributed by atoms with E-state index in [4.69, 9.17) is 9.84 Å². The molecule has 2 saturated carbocycles. The van der Waals surface area contributed by atoms with Crippen LogP contribution in [-0.2, 0) is 14.3 Å². The molecule has 3 rings (SSSR count). The molecule has 0 spiro atoms. The van der Waals surface area contributed by atoms with Gasteiger partial charge < -0.3 is 20.1 Å². The highest BCUT2D eigenvalue weighted by Crippen LogP contribution is 2.43. The van der Waals surface area contributed by atoms with Gasteiger partial charge in [0.05, 0.1) is 18.1 Å². The zero-order valence-corrected chi connectivity index (χ0v) is 14.9. The lowest BCUT2D eigenvalue weighted by Crippen LogP contribution is -2.24. The van der Waals surface area contributed by atoms with E-state index in [1.807, 2.05) is 0 Å². The van der Waals surface area contributed by atoms with Crippen molar-refractivity contribution in [3.63, 3.8) is 0 Å². The van der Waals surface area contributed by atoms with E-state index in [1.165, 1.54) is 0 Å². The van der Waals surface area contributed by atoms with Gasteiger partial charge in [0.1, 0.15) is 6.10 Å². The molecule has 0 aromatic rings. The van der Waals surface area contributed by atoms with Gasteiger partial charge in [-0.1, -0.05) is 25.0 Å². The molecule has 0 radical (unpaired) electrons. The molecule has 26 heavy (non-hydrogen) atoms.